The highest BCUT2D eigenvalue weighted by Gasteiger charge is 2.06. The van der Waals surface area contributed by atoms with Gasteiger partial charge in [-0.25, -0.2) is 5.10 Å². The van der Waals surface area contributed by atoms with Crippen LogP contribution < -0.4 is 10.2 Å². The van der Waals surface area contributed by atoms with Crippen molar-refractivity contribution in [1.82, 2.24) is 15.2 Å². The Balaban J connectivity index is 1.97. The normalized spacial score (nSPS) is 10.4. The van der Waals surface area contributed by atoms with Gasteiger partial charge in [-0.2, -0.15) is 4.98 Å². The number of hydrogen-bond acceptors (Lipinski definition) is 5. The lowest BCUT2D eigenvalue weighted by Crippen LogP contribution is -2.10. The summed E-state index contributed by atoms with van der Waals surface area (Å²) in [6.45, 7) is 2.60. The second-order valence-corrected chi connectivity index (χ2v) is 3.76. The standard InChI is InChI=1S/C10H15N5O/c1-7-4-5-16-8(7)6-11-9-12-10(14-13-9)15(2)3/h4-5H,6H2,1-3H3,(H2,11,12,13,14). The van der Waals surface area contributed by atoms with E-state index in [4.69, 9.17) is 4.42 Å². The molecule has 2 heterocycles. The van der Waals surface area contributed by atoms with E-state index < -0.39 is 0 Å². The summed E-state index contributed by atoms with van der Waals surface area (Å²) in [6.07, 6.45) is 1.68. The predicted molar refractivity (Wildman–Crippen MR) is 61.5 cm³/mol. The third kappa shape index (κ3) is 2.16. The van der Waals surface area contributed by atoms with Crippen molar-refractivity contribution < 1.29 is 4.42 Å². The molecule has 0 bridgehead atoms. The number of aromatic amines is 1. The van der Waals surface area contributed by atoms with E-state index in [0.717, 1.165) is 11.3 Å². The first-order valence-corrected chi connectivity index (χ1v) is 5.03. The number of nitrogens with zero attached hydrogens (tertiary/aromatic N) is 3. The van der Waals surface area contributed by atoms with Crippen LogP contribution in [-0.2, 0) is 6.54 Å². The fourth-order valence-electron chi connectivity index (χ4n) is 1.28. The van der Waals surface area contributed by atoms with Gasteiger partial charge in [-0.1, -0.05) is 0 Å². The summed E-state index contributed by atoms with van der Waals surface area (Å²) in [7, 11) is 3.78. The van der Waals surface area contributed by atoms with Crippen LogP contribution in [0.1, 0.15) is 11.3 Å². The lowest BCUT2D eigenvalue weighted by molar-refractivity contribution is 0.515. The summed E-state index contributed by atoms with van der Waals surface area (Å²) in [5.41, 5.74) is 1.12. The van der Waals surface area contributed by atoms with Crippen molar-refractivity contribution in [3.63, 3.8) is 0 Å². The van der Waals surface area contributed by atoms with Crippen LogP contribution in [0.3, 0.4) is 0 Å². The highest BCUT2D eigenvalue weighted by atomic mass is 16.3. The van der Waals surface area contributed by atoms with Gasteiger partial charge in [0.05, 0.1) is 12.8 Å². The molecule has 86 valence electrons. The van der Waals surface area contributed by atoms with E-state index in [1.165, 1.54) is 0 Å². The Morgan fingerprint density at radius 2 is 2.31 bits per heavy atom. The van der Waals surface area contributed by atoms with Gasteiger partial charge in [-0.3, -0.25) is 0 Å². The number of rotatable bonds is 4. The Labute approximate surface area is 93.7 Å². The van der Waals surface area contributed by atoms with Crippen molar-refractivity contribution in [3.8, 4) is 0 Å². The molecule has 0 aliphatic heterocycles. The average Bonchev–Trinajstić information content (AvgIpc) is 2.83. The summed E-state index contributed by atoms with van der Waals surface area (Å²) in [5.74, 6) is 2.20. The zero-order valence-electron chi connectivity index (χ0n) is 9.61. The Morgan fingerprint density at radius 3 is 2.88 bits per heavy atom. The minimum Gasteiger partial charge on any atom is -0.467 e. The number of aryl methyl sites for hydroxylation is 1. The van der Waals surface area contributed by atoms with Gasteiger partial charge >= 0.3 is 0 Å². The first-order chi connectivity index (χ1) is 7.66. The van der Waals surface area contributed by atoms with E-state index in [0.29, 0.717) is 18.4 Å². The molecule has 0 amide bonds. The molecule has 0 aliphatic rings. The third-order valence-corrected chi connectivity index (χ3v) is 2.26. The van der Waals surface area contributed by atoms with Crippen molar-refractivity contribution in [1.29, 1.82) is 0 Å². The van der Waals surface area contributed by atoms with Gasteiger partial charge in [0.15, 0.2) is 0 Å². The molecule has 2 aromatic heterocycles. The maximum absolute atomic E-state index is 5.31. The van der Waals surface area contributed by atoms with E-state index in [1.807, 2.05) is 32.0 Å². The van der Waals surface area contributed by atoms with Crippen molar-refractivity contribution in [2.75, 3.05) is 24.3 Å². The van der Waals surface area contributed by atoms with Crippen molar-refractivity contribution in [2.24, 2.45) is 0 Å². The van der Waals surface area contributed by atoms with E-state index in [1.54, 1.807) is 6.26 Å². The van der Waals surface area contributed by atoms with Gasteiger partial charge in [0.1, 0.15) is 5.76 Å². The lowest BCUT2D eigenvalue weighted by atomic mass is 10.3. The van der Waals surface area contributed by atoms with E-state index in [9.17, 15) is 0 Å². The number of nitrogens with one attached hydrogen (secondary N) is 2. The van der Waals surface area contributed by atoms with Gasteiger partial charge in [-0.15, -0.1) is 5.10 Å². The first kappa shape index (κ1) is 10.5. The minimum absolute atomic E-state index is 0.598. The zero-order valence-corrected chi connectivity index (χ0v) is 9.61. The molecule has 6 heteroatoms. The van der Waals surface area contributed by atoms with E-state index in [-0.39, 0.29) is 0 Å². The summed E-state index contributed by atoms with van der Waals surface area (Å²) >= 11 is 0. The van der Waals surface area contributed by atoms with Crippen LogP contribution in [0.25, 0.3) is 0 Å². The molecule has 0 radical (unpaired) electrons. The molecule has 0 saturated carbocycles. The molecule has 0 aliphatic carbocycles. The van der Waals surface area contributed by atoms with Crippen LogP contribution in [0.5, 0.6) is 0 Å². The van der Waals surface area contributed by atoms with Gasteiger partial charge in [0, 0.05) is 14.1 Å². The topological polar surface area (TPSA) is 70.0 Å². The first-order valence-electron chi connectivity index (χ1n) is 5.03. The number of furan rings is 1. The Bertz CT molecular complexity index is 459. The summed E-state index contributed by atoms with van der Waals surface area (Å²) < 4.78 is 5.31. The van der Waals surface area contributed by atoms with E-state index >= 15 is 0 Å². The fourth-order valence-corrected chi connectivity index (χ4v) is 1.28. The van der Waals surface area contributed by atoms with Gasteiger partial charge in [-0.05, 0) is 18.6 Å². The molecule has 0 aromatic carbocycles. The Kier molecular flexibility index (Phi) is 2.80. The molecule has 0 fully saturated rings. The van der Waals surface area contributed by atoms with Gasteiger partial charge < -0.3 is 14.6 Å². The maximum Gasteiger partial charge on any atom is 0.245 e. The average molecular weight is 221 g/mol. The molecule has 2 N–H and O–H groups in total. The lowest BCUT2D eigenvalue weighted by Gasteiger charge is -2.04. The third-order valence-electron chi connectivity index (χ3n) is 2.26. The van der Waals surface area contributed by atoms with Crippen LogP contribution in [0.4, 0.5) is 11.9 Å². The van der Waals surface area contributed by atoms with Crippen LogP contribution in [-0.4, -0.2) is 29.3 Å². The van der Waals surface area contributed by atoms with Gasteiger partial charge in [0.2, 0.25) is 11.9 Å². The molecule has 0 spiro atoms. The maximum atomic E-state index is 5.31. The number of aromatic nitrogens is 3. The molecule has 2 rings (SSSR count). The highest BCUT2D eigenvalue weighted by Crippen LogP contribution is 2.11. The largest absolute Gasteiger partial charge is 0.467 e. The SMILES string of the molecule is Cc1ccoc1CNc1nc(N(C)C)n[nH]1. The van der Waals surface area contributed by atoms with Crippen LogP contribution in [0, 0.1) is 6.92 Å². The zero-order chi connectivity index (χ0) is 11.5. The quantitative estimate of drug-likeness (QED) is 0.816. The molecule has 0 saturated heterocycles. The fraction of sp³-hybridized carbons (Fsp3) is 0.400. The molecular formula is C10H15N5O. The molecule has 2 aromatic rings. The monoisotopic (exact) mass is 221 g/mol. The number of anilines is 2. The smallest absolute Gasteiger partial charge is 0.245 e. The van der Waals surface area contributed by atoms with E-state index in [2.05, 4.69) is 20.5 Å². The van der Waals surface area contributed by atoms with Crippen molar-refractivity contribution >= 4 is 11.9 Å². The van der Waals surface area contributed by atoms with Crippen LogP contribution in [0.2, 0.25) is 0 Å². The Hall–Kier alpha value is -1.98. The van der Waals surface area contributed by atoms with Crippen molar-refractivity contribution in [2.45, 2.75) is 13.5 Å². The molecule has 6 nitrogen and oxygen atoms in total. The minimum atomic E-state index is 0.598. The summed E-state index contributed by atoms with van der Waals surface area (Å²) in [6, 6.07) is 1.93. The van der Waals surface area contributed by atoms with Crippen molar-refractivity contribution in [3.05, 3.63) is 23.7 Å². The van der Waals surface area contributed by atoms with Crippen LogP contribution >= 0.6 is 0 Å². The molecule has 0 atom stereocenters. The summed E-state index contributed by atoms with van der Waals surface area (Å²) in [4.78, 5) is 6.08. The molecule has 0 unspecified atom stereocenters. The second kappa shape index (κ2) is 4.26. The molecule has 16 heavy (non-hydrogen) atoms. The Morgan fingerprint density at radius 1 is 1.50 bits per heavy atom. The van der Waals surface area contributed by atoms with Gasteiger partial charge in [0.25, 0.3) is 0 Å². The highest BCUT2D eigenvalue weighted by molar-refractivity contribution is 5.35. The molecular weight excluding hydrogens is 206 g/mol. The predicted octanol–water partition coefficient (Wildman–Crippen LogP) is 1.38. The summed E-state index contributed by atoms with van der Waals surface area (Å²) in [5, 5.41) is 9.96. The number of H-pyrrole nitrogens is 1. The second-order valence-electron chi connectivity index (χ2n) is 3.76. The number of hydrogen-bond donors (Lipinski definition) is 2. The van der Waals surface area contributed by atoms with Crippen LogP contribution in [0.15, 0.2) is 16.7 Å².